The summed E-state index contributed by atoms with van der Waals surface area (Å²) in [6.45, 7) is 0. The molecule has 0 aliphatic carbocycles. The van der Waals surface area contributed by atoms with Gasteiger partial charge in [-0.1, -0.05) is 206 Å². The van der Waals surface area contributed by atoms with Crippen LogP contribution in [0, 0.1) is 0 Å². The quantitative estimate of drug-likeness (QED) is 0.152. The second-order valence-electron chi connectivity index (χ2n) is 16.8. The van der Waals surface area contributed by atoms with Crippen LogP contribution in [0.3, 0.4) is 0 Å². The third-order valence-electron chi connectivity index (χ3n) is 12.8. The van der Waals surface area contributed by atoms with Gasteiger partial charge in [0, 0.05) is 49.4 Å². The highest BCUT2D eigenvalue weighted by Crippen LogP contribution is 2.43. The molecule has 9 aromatic carbocycles. The molecule has 0 N–H and O–H groups in total. The summed E-state index contributed by atoms with van der Waals surface area (Å²) < 4.78 is 4.64. The number of nitrogens with zero attached hydrogens (tertiary/aromatic N) is 7. The molecule has 13 rings (SSSR count). The highest BCUT2D eigenvalue weighted by atomic mass is 15.2. The van der Waals surface area contributed by atoms with E-state index in [0.29, 0.717) is 23.4 Å². The van der Waals surface area contributed by atoms with Crippen molar-refractivity contribution < 1.29 is 0 Å². The van der Waals surface area contributed by atoms with Gasteiger partial charge in [-0.2, -0.15) is 9.97 Å². The Morgan fingerprint density at radius 1 is 0.265 bits per heavy atom. The Hall–Kier alpha value is -9.33. The summed E-state index contributed by atoms with van der Waals surface area (Å²) in [4.78, 5) is 26.8. The van der Waals surface area contributed by atoms with Gasteiger partial charge in [-0.05, 0) is 41.5 Å². The molecule has 0 spiro atoms. The van der Waals surface area contributed by atoms with Gasteiger partial charge in [0.05, 0.1) is 39.1 Å². The van der Waals surface area contributed by atoms with Crippen LogP contribution in [0.2, 0.25) is 0 Å². The molecule has 318 valence electrons. The summed E-state index contributed by atoms with van der Waals surface area (Å²) in [6, 6.07) is 82.0. The maximum absolute atomic E-state index is 5.47. The van der Waals surface area contributed by atoms with Gasteiger partial charge < -0.3 is 4.57 Å². The van der Waals surface area contributed by atoms with Crippen LogP contribution in [-0.2, 0) is 0 Å². The van der Waals surface area contributed by atoms with E-state index in [0.717, 1.165) is 99.6 Å². The molecule has 4 aromatic heterocycles. The van der Waals surface area contributed by atoms with Crippen LogP contribution in [-0.4, -0.2) is 34.1 Å². The van der Waals surface area contributed by atoms with Crippen LogP contribution in [0.4, 0.5) is 0 Å². The third-order valence-corrected chi connectivity index (χ3v) is 12.8. The van der Waals surface area contributed by atoms with Crippen molar-refractivity contribution in [2.45, 2.75) is 0 Å². The molecule has 7 nitrogen and oxygen atoms in total. The van der Waals surface area contributed by atoms with Crippen molar-refractivity contribution in [1.29, 1.82) is 0 Å². The fraction of sp³-hybridized carbons (Fsp3) is 0. The summed E-state index contributed by atoms with van der Waals surface area (Å²) in [7, 11) is 0. The van der Waals surface area contributed by atoms with Crippen molar-refractivity contribution >= 4 is 43.6 Å². The number of para-hydroxylation sites is 3. The van der Waals surface area contributed by atoms with Crippen LogP contribution >= 0.6 is 0 Å². The zero-order valence-electron chi connectivity index (χ0n) is 36.6. The highest BCUT2D eigenvalue weighted by molar-refractivity contribution is 6.24. The Bertz CT molecular complexity index is 3950. The van der Waals surface area contributed by atoms with E-state index < -0.39 is 0 Å². The molecule has 0 saturated carbocycles. The molecule has 0 unspecified atom stereocenters. The van der Waals surface area contributed by atoms with Crippen LogP contribution in [0.15, 0.2) is 237 Å². The lowest BCUT2D eigenvalue weighted by molar-refractivity contribution is 0.953. The minimum atomic E-state index is 0.520. The predicted octanol–water partition coefficient (Wildman–Crippen LogP) is 14.9. The molecular formula is C61H39N7. The molecule has 4 heterocycles. The molecule has 0 atom stereocenters. The highest BCUT2D eigenvalue weighted by Gasteiger charge is 2.25. The van der Waals surface area contributed by atoms with Crippen molar-refractivity contribution in [3.05, 3.63) is 237 Å². The second-order valence-corrected chi connectivity index (χ2v) is 16.8. The first-order valence-corrected chi connectivity index (χ1v) is 22.8. The van der Waals surface area contributed by atoms with Crippen molar-refractivity contribution in [3.63, 3.8) is 0 Å². The summed E-state index contributed by atoms with van der Waals surface area (Å²) in [5.74, 6) is 2.32. The minimum absolute atomic E-state index is 0.520. The largest absolute Gasteiger partial charge is 0.306 e. The van der Waals surface area contributed by atoms with E-state index in [-0.39, 0.29) is 0 Å². The Morgan fingerprint density at radius 3 is 1.29 bits per heavy atom. The van der Waals surface area contributed by atoms with Crippen molar-refractivity contribution in [1.82, 2.24) is 34.1 Å². The molecule has 0 aliphatic rings. The first kappa shape index (κ1) is 39.1. The van der Waals surface area contributed by atoms with E-state index in [1.165, 1.54) is 0 Å². The average molecular weight is 870 g/mol. The Morgan fingerprint density at radius 2 is 0.691 bits per heavy atom. The maximum atomic E-state index is 5.47. The molecule has 0 fully saturated rings. The van der Waals surface area contributed by atoms with Gasteiger partial charge in [-0.25, -0.2) is 15.0 Å². The third kappa shape index (κ3) is 6.56. The van der Waals surface area contributed by atoms with E-state index in [4.69, 9.17) is 24.9 Å². The Balaban J connectivity index is 1.13. The maximum Gasteiger partial charge on any atom is 0.238 e. The molecule has 7 heteroatoms. The van der Waals surface area contributed by atoms with Crippen LogP contribution in [0.5, 0.6) is 0 Å². The number of aromatic nitrogens is 7. The monoisotopic (exact) mass is 869 g/mol. The van der Waals surface area contributed by atoms with E-state index in [2.05, 4.69) is 209 Å². The summed E-state index contributed by atoms with van der Waals surface area (Å²) in [5, 5.41) is 4.39. The smallest absolute Gasteiger partial charge is 0.238 e. The zero-order chi connectivity index (χ0) is 45.0. The number of rotatable bonds is 8. The first-order chi connectivity index (χ1) is 33.7. The standard InChI is InChI=1S/C61H39N7/c1-5-21-40(22-6-1)44-29-13-14-32-49(44)59-64-58(43-27-11-4-12-28-43)65-61(66-59)68-54-35-19-16-31-46(54)48-38-37-47-45-30-15-18-34-53(45)67(56(47)57(48)68)55-36-20-17-33-50(55)60-62-51(41-23-7-2-8-24-41)39-52(63-60)42-25-9-3-10-26-42/h1-39H. The fourth-order valence-corrected chi connectivity index (χ4v) is 9.75. The SMILES string of the molecule is c1ccc(-c2cc(-c3ccccc3)nc(-c3ccccc3-n3c4ccccc4c4ccc5c6ccccc6n(-c6nc(-c7ccccc7)nc(-c7ccccc7-c7ccccc7)n6)c5c43)n2)cc1. The van der Waals surface area contributed by atoms with Gasteiger partial charge in [0.15, 0.2) is 17.5 Å². The van der Waals surface area contributed by atoms with Gasteiger partial charge >= 0.3 is 0 Å². The number of hydrogen-bond acceptors (Lipinski definition) is 5. The van der Waals surface area contributed by atoms with Crippen LogP contribution in [0.1, 0.15) is 0 Å². The van der Waals surface area contributed by atoms with E-state index in [1.807, 2.05) is 36.4 Å². The van der Waals surface area contributed by atoms with Crippen LogP contribution in [0.25, 0.3) is 123 Å². The molecule has 13 aromatic rings. The molecular weight excluding hydrogens is 831 g/mol. The van der Waals surface area contributed by atoms with Gasteiger partial charge in [0.1, 0.15) is 0 Å². The number of fused-ring (bicyclic) bond motifs is 7. The van der Waals surface area contributed by atoms with Gasteiger partial charge in [-0.3, -0.25) is 4.57 Å². The lowest BCUT2D eigenvalue weighted by atomic mass is 9.99. The molecule has 68 heavy (non-hydrogen) atoms. The lowest BCUT2D eigenvalue weighted by Crippen LogP contribution is -2.08. The first-order valence-electron chi connectivity index (χ1n) is 22.8. The molecule has 0 radical (unpaired) electrons. The summed E-state index contributed by atoms with van der Waals surface area (Å²) >= 11 is 0. The topological polar surface area (TPSA) is 74.3 Å². The molecule has 0 amide bonds. The summed E-state index contributed by atoms with van der Waals surface area (Å²) in [5.41, 5.74) is 13.6. The molecule has 0 bridgehead atoms. The van der Waals surface area contributed by atoms with Gasteiger partial charge in [0.25, 0.3) is 0 Å². The summed E-state index contributed by atoms with van der Waals surface area (Å²) in [6.07, 6.45) is 0. The molecule has 0 aliphatic heterocycles. The molecule has 0 saturated heterocycles. The van der Waals surface area contributed by atoms with E-state index >= 15 is 0 Å². The van der Waals surface area contributed by atoms with Crippen molar-refractivity contribution in [2.24, 2.45) is 0 Å². The normalized spacial score (nSPS) is 11.5. The number of benzene rings is 9. The predicted molar refractivity (Wildman–Crippen MR) is 277 cm³/mol. The average Bonchev–Trinajstić information content (AvgIpc) is 3.95. The van der Waals surface area contributed by atoms with Crippen molar-refractivity contribution in [2.75, 3.05) is 0 Å². The fourth-order valence-electron chi connectivity index (χ4n) is 9.75. The minimum Gasteiger partial charge on any atom is -0.306 e. The van der Waals surface area contributed by atoms with Crippen molar-refractivity contribution in [3.8, 4) is 79.4 Å². The van der Waals surface area contributed by atoms with E-state index in [9.17, 15) is 0 Å². The van der Waals surface area contributed by atoms with Gasteiger partial charge in [0.2, 0.25) is 5.95 Å². The Kier molecular flexibility index (Phi) is 9.35. The lowest BCUT2D eigenvalue weighted by Gasteiger charge is -2.16. The number of hydrogen-bond donors (Lipinski definition) is 0. The van der Waals surface area contributed by atoms with E-state index in [1.54, 1.807) is 0 Å². The van der Waals surface area contributed by atoms with Crippen LogP contribution < -0.4 is 0 Å². The second kappa shape index (κ2) is 16.3. The zero-order valence-corrected chi connectivity index (χ0v) is 36.6. The van der Waals surface area contributed by atoms with Gasteiger partial charge in [-0.15, -0.1) is 0 Å². The Labute approximate surface area is 392 Å².